The van der Waals surface area contributed by atoms with Crippen LogP contribution in [-0.2, 0) is 10.0 Å². The molecular formula is C12H17N3O4S. The van der Waals surface area contributed by atoms with Crippen molar-refractivity contribution in [3.63, 3.8) is 0 Å². The summed E-state index contributed by atoms with van der Waals surface area (Å²) in [6.45, 7) is 0. The lowest BCUT2D eigenvalue weighted by molar-refractivity contribution is -0.384. The molecule has 1 saturated carbocycles. The number of nitrogens with zero attached hydrogens (tertiary/aromatic N) is 2. The van der Waals surface area contributed by atoms with E-state index in [1.165, 1.54) is 17.4 Å². The van der Waals surface area contributed by atoms with Crippen LogP contribution >= 0.6 is 0 Å². The Morgan fingerprint density at radius 3 is 2.45 bits per heavy atom. The Bertz CT molecular complexity index is 624. The van der Waals surface area contributed by atoms with Gasteiger partial charge in [-0.1, -0.05) is 12.8 Å². The van der Waals surface area contributed by atoms with Crippen LogP contribution in [-0.4, -0.2) is 30.7 Å². The number of nitrogens with two attached hydrogens (primary N) is 1. The minimum absolute atomic E-state index is 0.0189. The summed E-state index contributed by atoms with van der Waals surface area (Å²) in [5.41, 5.74) is 5.36. The predicted octanol–water partition coefficient (Wildman–Crippen LogP) is 1.74. The van der Waals surface area contributed by atoms with E-state index in [0.717, 1.165) is 37.8 Å². The normalized spacial score (nSPS) is 16.7. The molecule has 0 bridgehead atoms. The zero-order valence-corrected chi connectivity index (χ0v) is 12.0. The summed E-state index contributed by atoms with van der Waals surface area (Å²) in [5.74, 6) is 0. The van der Waals surface area contributed by atoms with Crippen molar-refractivity contribution in [2.45, 2.75) is 36.6 Å². The predicted molar refractivity (Wildman–Crippen MR) is 74.7 cm³/mol. The van der Waals surface area contributed by atoms with E-state index in [1.54, 1.807) is 0 Å². The van der Waals surface area contributed by atoms with E-state index in [0.29, 0.717) is 0 Å². The lowest BCUT2D eigenvalue weighted by Crippen LogP contribution is -2.35. The number of sulfonamides is 1. The Hall–Kier alpha value is -1.67. The van der Waals surface area contributed by atoms with Crippen molar-refractivity contribution >= 4 is 21.4 Å². The highest BCUT2D eigenvalue weighted by Crippen LogP contribution is 2.30. The summed E-state index contributed by atoms with van der Waals surface area (Å²) in [4.78, 5) is 9.97. The molecule has 1 fully saturated rings. The Labute approximate surface area is 117 Å². The topological polar surface area (TPSA) is 107 Å². The molecule has 1 aliphatic rings. The first-order valence-corrected chi connectivity index (χ1v) is 7.80. The van der Waals surface area contributed by atoms with Crippen LogP contribution in [0.3, 0.4) is 0 Å². The average molecular weight is 299 g/mol. The average Bonchev–Trinajstić information content (AvgIpc) is 2.90. The summed E-state index contributed by atoms with van der Waals surface area (Å²) >= 11 is 0. The van der Waals surface area contributed by atoms with Gasteiger partial charge in [-0.3, -0.25) is 10.1 Å². The number of nitro groups is 1. The molecule has 2 rings (SSSR count). The van der Waals surface area contributed by atoms with Gasteiger partial charge in [-0.25, -0.2) is 8.42 Å². The second-order valence-electron chi connectivity index (χ2n) is 4.94. The highest BCUT2D eigenvalue weighted by atomic mass is 32.2. The molecule has 1 aliphatic carbocycles. The third-order valence-corrected chi connectivity index (χ3v) is 5.68. The number of nitro benzene ring substituents is 1. The van der Waals surface area contributed by atoms with Crippen molar-refractivity contribution < 1.29 is 13.3 Å². The fraction of sp³-hybridized carbons (Fsp3) is 0.500. The minimum atomic E-state index is -3.71. The van der Waals surface area contributed by atoms with E-state index in [1.807, 2.05) is 0 Å². The molecule has 7 nitrogen and oxygen atoms in total. The van der Waals surface area contributed by atoms with Crippen LogP contribution in [0, 0.1) is 10.1 Å². The monoisotopic (exact) mass is 299 g/mol. The largest absolute Gasteiger partial charge is 0.397 e. The van der Waals surface area contributed by atoms with E-state index < -0.39 is 14.9 Å². The third-order valence-electron chi connectivity index (χ3n) is 3.70. The van der Waals surface area contributed by atoms with E-state index >= 15 is 0 Å². The first-order valence-electron chi connectivity index (χ1n) is 6.36. The summed E-state index contributed by atoms with van der Waals surface area (Å²) < 4.78 is 26.3. The van der Waals surface area contributed by atoms with Gasteiger partial charge in [-0.15, -0.1) is 0 Å². The Kier molecular flexibility index (Phi) is 3.96. The Morgan fingerprint density at radius 1 is 1.35 bits per heavy atom. The van der Waals surface area contributed by atoms with Crippen LogP contribution in [0.2, 0.25) is 0 Å². The molecule has 0 aromatic heterocycles. The fourth-order valence-corrected chi connectivity index (χ4v) is 4.01. The number of rotatable bonds is 4. The maximum atomic E-state index is 12.5. The van der Waals surface area contributed by atoms with E-state index in [-0.39, 0.29) is 22.3 Å². The maximum Gasteiger partial charge on any atom is 0.271 e. The van der Waals surface area contributed by atoms with Crippen molar-refractivity contribution in [3.8, 4) is 0 Å². The number of non-ortho nitro benzene ring substituents is 1. The van der Waals surface area contributed by atoms with Crippen molar-refractivity contribution in [1.82, 2.24) is 4.31 Å². The summed E-state index contributed by atoms with van der Waals surface area (Å²) in [5, 5.41) is 10.6. The van der Waals surface area contributed by atoms with Gasteiger partial charge in [-0.05, 0) is 18.9 Å². The number of hydrogen-bond donors (Lipinski definition) is 1. The first-order chi connectivity index (χ1) is 9.34. The SMILES string of the molecule is CN(C1CCCC1)S(=O)(=O)c1ccc([N+](=O)[O-])cc1N. The highest BCUT2D eigenvalue weighted by Gasteiger charge is 2.31. The maximum absolute atomic E-state index is 12.5. The van der Waals surface area contributed by atoms with Crippen LogP contribution < -0.4 is 5.73 Å². The summed E-state index contributed by atoms with van der Waals surface area (Å²) in [6.07, 6.45) is 3.70. The standard InChI is InChI=1S/C12H17N3O4S/c1-14(9-4-2-3-5-9)20(18,19)12-7-6-10(15(16)17)8-11(12)13/h6-9H,2-5,13H2,1H3. The van der Waals surface area contributed by atoms with E-state index in [2.05, 4.69) is 0 Å². The van der Waals surface area contributed by atoms with Gasteiger partial charge in [0, 0.05) is 25.2 Å². The van der Waals surface area contributed by atoms with Gasteiger partial charge in [0.1, 0.15) is 4.90 Å². The molecule has 1 aromatic carbocycles. The molecule has 1 aromatic rings. The molecule has 20 heavy (non-hydrogen) atoms. The Morgan fingerprint density at radius 2 is 1.95 bits per heavy atom. The molecular weight excluding hydrogens is 282 g/mol. The number of benzene rings is 1. The van der Waals surface area contributed by atoms with Crippen LogP contribution in [0.5, 0.6) is 0 Å². The van der Waals surface area contributed by atoms with Crippen LogP contribution in [0.1, 0.15) is 25.7 Å². The number of anilines is 1. The Balaban J connectivity index is 2.36. The van der Waals surface area contributed by atoms with Crippen molar-refractivity contribution in [2.24, 2.45) is 0 Å². The van der Waals surface area contributed by atoms with Gasteiger partial charge in [0.2, 0.25) is 10.0 Å². The molecule has 0 saturated heterocycles. The van der Waals surface area contributed by atoms with Gasteiger partial charge in [0.15, 0.2) is 0 Å². The number of hydrogen-bond acceptors (Lipinski definition) is 5. The lowest BCUT2D eigenvalue weighted by Gasteiger charge is -2.24. The highest BCUT2D eigenvalue weighted by molar-refractivity contribution is 7.89. The molecule has 0 radical (unpaired) electrons. The van der Waals surface area contributed by atoms with Crippen LogP contribution in [0.4, 0.5) is 11.4 Å². The minimum Gasteiger partial charge on any atom is -0.397 e. The number of nitrogen functional groups attached to an aromatic ring is 1. The smallest absolute Gasteiger partial charge is 0.271 e. The van der Waals surface area contributed by atoms with Gasteiger partial charge in [0.25, 0.3) is 5.69 Å². The molecule has 110 valence electrons. The molecule has 0 unspecified atom stereocenters. The molecule has 8 heteroatoms. The van der Waals surface area contributed by atoms with E-state index in [4.69, 9.17) is 5.73 Å². The van der Waals surface area contributed by atoms with Crippen LogP contribution in [0.25, 0.3) is 0 Å². The van der Waals surface area contributed by atoms with Crippen molar-refractivity contribution in [1.29, 1.82) is 0 Å². The van der Waals surface area contributed by atoms with Gasteiger partial charge in [-0.2, -0.15) is 4.31 Å². The molecule has 0 heterocycles. The quantitative estimate of drug-likeness (QED) is 0.517. The first kappa shape index (κ1) is 14.7. The second kappa shape index (κ2) is 5.37. The van der Waals surface area contributed by atoms with Crippen LogP contribution in [0.15, 0.2) is 23.1 Å². The van der Waals surface area contributed by atoms with Crippen molar-refractivity contribution in [3.05, 3.63) is 28.3 Å². The zero-order valence-electron chi connectivity index (χ0n) is 11.2. The molecule has 0 amide bonds. The van der Waals surface area contributed by atoms with Gasteiger partial charge in [0.05, 0.1) is 10.6 Å². The van der Waals surface area contributed by atoms with Crippen molar-refractivity contribution in [2.75, 3.05) is 12.8 Å². The molecule has 0 aliphatic heterocycles. The molecule has 2 N–H and O–H groups in total. The third kappa shape index (κ3) is 2.61. The summed E-state index contributed by atoms with van der Waals surface area (Å²) in [7, 11) is -2.18. The summed E-state index contributed by atoms with van der Waals surface area (Å²) in [6, 6.07) is 3.42. The molecule has 0 spiro atoms. The van der Waals surface area contributed by atoms with Gasteiger partial charge >= 0.3 is 0 Å². The zero-order chi connectivity index (χ0) is 14.9. The van der Waals surface area contributed by atoms with Gasteiger partial charge < -0.3 is 5.73 Å². The van der Waals surface area contributed by atoms with E-state index in [9.17, 15) is 18.5 Å². The second-order valence-corrected chi connectivity index (χ2v) is 6.90. The fourth-order valence-electron chi connectivity index (χ4n) is 2.50. The molecule has 0 atom stereocenters. The lowest BCUT2D eigenvalue weighted by atomic mass is 10.3.